The highest BCUT2D eigenvalue weighted by atomic mass is 19.1. The van der Waals surface area contributed by atoms with Gasteiger partial charge in [0.15, 0.2) is 11.5 Å². The number of carbonyl (C=O) groups excluding carboxylic acids is 1. The van der Waals surface area contributed by atoms with Crippen molar-refractivity contribution in [3.8, 4) is 17.7 Å². The van der Waals surface area contributed by atoms with Crippen molar-refractivity contribution in [2.45, 2.75) is 64.1 Å². The maximum absolute atomic E-state index is 13.4. The molecule has 44 heavy (non-hydrogen) atoms. The number of halogens is 1. The third-order valence-corrected chi connectivity index (χ3v) is 7.98. The average molecular weight is 602 g/mol. The lowest BCUT2D eigenvalue weighted by Crippen LogP contribution is -2.44. The van der Waals surface area contributed by atoms with E-state index in [0.29, 0.717) is 36.0 Å². The molecule has 5 heterocycles. The van der Waals surface area contributed by atoms with E-state index in [1.807, 2.05) is 6.07 Å². The summed E-state index contributed by atoms with van der Waals surface area (Å²) in [4.78, 5) is 32.5. The number of nitriles is 1. The minimum Gasteiger partial charge on any atom is -0.484 e. The zero-order valence-electron chi connectivity index (χ0n) is 24.5. The molecule has 0 N–H and O–H groups in total. The topological polar surface area (TPSA) is 138 Å². The smallest absolute Gasteiger partial charge is 0.339 e. The molecule has 2 saturated heterocycles. The van der Waals surface area contributed by atoms with Gasteiger partial charge in [0, 0.05) is 37.7 Å². The number of imidazole rings is 1. The van der Waals surface area contributed by atoms with Gasteiger partial charge in [-0.3, -0.25) is 4.90 Å². The fourth-order valence-electron chi connectivity index (χ4n) is 5.48. The molecule has 2 aliphatic rings. The highest BCUT2D eigenvalue weighted by Gasteiger charge is 2.30. The van der Waals surface area contributed by atoms with Crippen LogP contribution in [0.1, 0.15) is 53.8 Å². The Kier molecular flexibility index (Phi) is 8.63. The van der Waals surface area contributed by atoms with E-state index in [9.17, 15) is 14.4 Å². The number of hydrogen-bond donors (Lipinski definition) is 0. The number of hydrogen-bond acceptors (Lipinski definition) is 11. The van der Waals surface area contributed by atoms with Crippen LogP contribution in [-0.4, -0.2) is 73.9 Å². The predicted octanol–water partition coefficient (Wildman–Crippen LogP) is 3.82. The summed E-state index contributed by atoms with van der Waals surface area (Å²) < 4.78 is 38.1. The molecule has 0 saturated carbocycles. The van der Waals surface area contributed by atoms with Crippen molar-refractivity contribution in [3.05, 3.63) is 71.3 Å². The summed E-state index contributed by atoms with van der Waals surface area (Å²) in [6.07, 6.45) is 5.72. The first-order valence-corrected chi connectivity index (χ1v) is 14.5. The number of rotatable bonds is 10. The van der Waals surface area contributed by atoms with Gasteiger partial charge in [0.05, 0.1) is 42.9 Å². The van der Waals surface area contributed by atoms with Crippen molar-refractivity contribution in [1.82, 2.24) is 29.4 Å². The first-order valence-electron chi connectivity index (χ1n) is 14.5. The summed E-state index contributed by atoms with van der Waals surface area (Å²) in [7, 11) is 1.35. The van der Waals surface area contributed by atoms with Gasteiger partial charge < -0.3 is 23.5 Å². The van der Waals surface area contributed by atoms with Crippen LogP contribution >= 0.6 is 0 Å². The molecule has 2 aliphatic heterocycles. The van der Waals surface area contributed by atoms with E-state index in [1.165, 1.54) is 25.4 Å². The van der Waals surface area contributed by atoms with Gasteiger partial charge in [0.2, 0.25) is 5.88 Å². The molecule has 0 bridgehead atoms. The van der Waals surface area contributed by atoms with E-state index in [0.717, 1.165) is 49.8 Å². The largest absolute Gasteiger partial charge is 0.484 e. The fraction of sp³-hybridized carbons (Fsp3) is 0.419. The number of carbonyl (C=O) groups is 1. The Morgan fingerprint density at radius 1 is 1.20 bits per heavy atom. The highest BCUT2D eigenvalue weighted by Crippen LogP contribution is 2.27. The van der Waals surface area contributed by atoms with Gasteiger partial charge in [-0.05, 0) is 50.5 Å². The van der Waals surface area contributed by atoms with Crippen LogP contribution in [0, 0.1) is 17.1 Å². The molecule has 3 aromatic heterocycles. The summed E-state index contributed by atoms with van der Waals surface area (Å²) >= 11 is 0. The van der Waals surface area contributed by atoms with Gasteiger partial charge >= 0.3 is 5.97 Å². The quantitative estimate of drug-likeness (QED) is 0.245. The first-order chi connectivity index (χ1) is 21.4. The minimum absolute atomic E-state index is 0.00916. The molecular formula is C31H32FN7O5. The number of pyridine rings is 1. The number of likely N-dealkylation sites (tertiary alicyclic amines) is 1. The highest BCUT2D eigenvalue weighted by molar-refractivity contribution is 5.92. The van der Waals surface area contributed by atoms with Gasteiger partial charge in [-0.1, -0.05) is 0 Å². The second-order valence-corrected chi connectivity index (χ2v) is 10.9. The number of methoxy groups -OCH3 is 1. The predicted molar refractivity (Wildman–Crippen MR) is 154 cm³/mol. The Balaban J connectivity index is 1.10. The van der Waals surface area contributed by atoms with Gasteiger partial charge in [-0.25, -0.2) is 24.1 Å². The maximum atomic E-state index is 13.4. The van der Waals surface area contributed by atoms with E-state index >= 15 is 0 Å². The Morgan fingerprint density at radius 2 is 2.07 bits per heavy atom. The van der Waals surface area contributed by atoms with Crippen molar-refractivity contribution in [2.24, 2.45) is 0 Å². The first kappa shape index (κ1) is 29.4. The Morgan fingerprint density at radius 3 is 2.82 bits per heavy atom. The molecule has 0 radical (unpaired) electrons. The van der Waals surface area contributed by atoms with E-state index in [-0.39, 0.29) is 36.2 Å². The van der Waals surface area contributed by atoms with Crippen LogP contribution in [0.4, 0.5) is 4.39 Å². The standard InChI is InChI=1S/C31H32FN7O5/c1-19-11-23(44-29-5-8-34-27(36-29)18-43-26-4-3-22(32)12-20(26)14-33)6-9-38(19)17-28-37-30-25(39(28)16-24-7-10-42-24)13-21(15-35-30)31(40)41-2/h3-5,8,12-13,15,19,23-24H,6-7,9-11,16-18H2,1-2H3/t19-,23-,24-/m0/s1. The van der Waals surface area contributed by atoms with Crippen molar-refractivity contribution < 1.29 is 28.1 Å². The molecule has 12 nitrogen and oxygen atoms in total. The van der Waals surface area contributed by atoms with E-state index < -0.39 is 11.8 Å². The molecule has 0 unspecified atom stereocenters. The number of esters is 1. The second-order valence-electron chi connectivity index (χ2n) is 10.9. The zero-order valence-corrected chi connectivity index (χ0v) is 24.5. The number of aromatic nitrogens is 5. The Bertz CT molecular complexity index is 1700. The van der Waals surface area contributed by atoms with Crippen molar-refractivity contribution in [3.63, 3.8) is 0 Å². The molecule has 0 spiro atoms. The summed E-state index contributed by atoms with van der Waals surface area (Å²) in [6.45, 7) is 4.98. The summed E-state index contributed by atoms with van der Waals surface area (Å²) in [5.41, 5.74) is 1.86. The summed E-state index contributed by atoms with van der Waals surface area (Å²) in [5, 5.41) is 9.24. The van der Waals surface area contributed by atoms with Crippen LogP contribution < -0.4 is 9.47 Å². The molecule has 0 aliphatic carbocycles. The zero-order chi connectivity index (χ0) is 30.6. The van der Waals surface area contributed by atoms with E-state index in [2.05, 4.69) is 31.3 Å². The fourth-order valence-corrected chi connectivity index (χ4v) is 5.48. The average Bonchev–Trinajstić information content (AvgIpc) is 3.35. The molecule has 2 fully saturated rings. The molecule has 1 aromatic carbocycles. The molecule has 6 rings (SSSR count). The van der Waals surface area contributed by atoms with Gasteiger partial charge in [0.1, 0.15) is 36.2 Å². The van der Waals surface area contributed by atoms with Crippen LogP contribution in [0.25, 0.3) is 11.2 Å². The second kappa shape index (κ2) is 12.9. The lowest BCUT2D eigenvalue weighted by atomic mass is 10.0. The van der Waals surface area contributed by atoms with Crippen LogP contribution in [-0.2, 0) is 29.2 Å². The molecule has 3 atom stereocenters. The van der Waals surface area contributed by atoms with Crippen molar-refractivity contribution in [2.75, 3.05) is 20.3 Å². The Labute approximate surface area is 253 Å². The van der Waals surface area contributed by atoms with Gasteiger partial charge in [0.25, 0.3) is 0 Å². The summed E-state index contributed by atoms with van der Waals surface area (Å²) in [5.74, 6) is 1.02. The lowest BCUT2D eigenvalue weighted by Gasteiger charge is -2.37. The molecule has 228 valence electrons. The van der Waals surface area contributed by atoms with Crippen LogP contribution in [0.3, 0.4) is 0 Å². The number of piperidine rings is 1. The number of fused-ring (bicyclic) bond motifs is 1. The van der Waals surface area contributed by atoms with Gasteiger partial charge in [-0.15, -0.1) is 0 Å². The normalized spacial score (nSPS) is 20.1. The Hall–Kier alpha value is -4.67. The van der Waals surface area contributed by atoms with E-state index in [1.54, 1.807) is 18.3 Å². The number of benzene rings is 1. The van der Waals surface area contributed by atoms with Crippen LogP contribution in [0.2, 0.25) is 0 Å². The monoisotopic (exact) mass is 601 g/mol. The molecule has 4 aromatic rings. The SMILES string of the molecule is COC(=O)c1cnc2nc(CN3CC[C@H](Oc4ccnc(COc5ccc(F)cc5C#N)n4)C[C@@H]3C)n(C[C@@H]3CCO3)c2c1. The molecular weight excluding hydrogens is 569 g/mol. The summed E-state index contributed by atoms with van der Waals surface area (Å²) in [6, 6.07) is 9.40. The maximum Gasteiger partial charge on any atom is 0.339 e. The minimum atomic E-state index is -0.506. The van der Waals surface area contributed by atoms with Crippen molar-refractivity contribution in [1.29, 1.82) is 5.26 Å². The third-order valence-electron chi connectivity index (χ3n) is 7.98. The third kappa shape index (κ3) is 6.46. The number of ether oxygens (including phenoxy) is 4. The number of nitrogens with zero attached hydrogens (tertiary/aromatic N) is 7. The molecule has 13 heteroatoms. The van der Waals surface area contributed by atoms with Crippen LogP contribution in [0.15, 0.2) is 42.7 Å². The van der Waals surface area contributed by atoms with E-state index in [4.69, 9.17) is 23.9 Å². The van der Waals surface area contributed by atoms with Crippen molar-refractivity contribution >= 4 is 17.1 Å². The molecule has 0 amide bonds. The lowest BCUT2D eigenvalue weighted by molar-refractivity contribution is -0.0593. The van der Waals surface area contributed by atoms with Crippen LogP contribution in [0.5, 0.6) is 11.6 Å². The van der Waals surface area contributed by atoms with Gasteiger partial charge in [-0.2, -0.15) is 10.2 Å².